The highest BCUT2D eigenvalue weighted by Crippen LogP contribution is 2.25. The van der Waals surface area contributed by atoms with Crippen molar-refractivity contribution in [2.75, 3.05) is 19.4 Å². The normalized spacial score (nSPS) is 12.8. The molecule has 0 saturated heterocycles. The summed E-state index contributed by atoms with van der Waals surface area (Å²) in [5, 5.41) is 3.16. The molecule has 112 valence electrons. The fraction of sp³-hybridized carbons (Fsp3) is 0.562. The summed E-state index contributed by atoms with van der Waals surface area (Å²) in [7, 11) is 3.66. The standard InChI is InChI=1S/C16H26N2O2/c1-11-8-9-13(10-14(11)17-6)12(2)18(7)15(19)20-16(3,4)5/h8-10,12,17H,1-7H3/t12-/m1/s1. The highest BCUT2D eigenvalue weighted by Gasteiger charge is 2.23. The second kappa shape index (κ2) is 6.16. The van der Waals surface area contributed by atoms with Crippen LogP contribution in [-0.4, -0.2) is 30.7 Å². The lowest BCUT2D eigenvalue weighted by atomic mass is 10.0. The molecule has 0 bridgehead atoms. The number of nitrogens with one attached hydrogen (secondary N) is 1. The number of nitrogens with zero attached hydrogens (tertiary/aromatic N) is 1. The van der Waals surface area contributed by atoms with Gasteiger partial charge in [0.15, 0.2) is 0 Å². The number of amides is 1. The summed E-state index contributed by atoms with van der Waals surface area (Å²) < 4.78 is 5.39. The monoisotopic (exact) mass is 278 g/mol. The van der Waals surface area contributed by atoms with Gasteiger partial charge in [0.1, 0.15) is 5.60 Å². The van der Waals surface area contributed by atoms with E-state index in [0.717, 1.165) is 11.3 Å². The Kier molecular flexibility index (Phi) is 5.03. The first-order valence-corrected chi connectivity index (χ1v) is 6.90. The first-order chi connectivity index (χ1) is 9.15. The third-order valence-corrected chi connectivity index (χ3v) is 3.28. The Morgan fingerprint density at radius 3 is 2.45 bits per heavy atom. The number of carbonyl (C=O) groups is 1. The summed E-state index contributed by atoms with van der Waals surface area (Å²) in [6, 6.07) is 6.13. The lowest BCUT2D eigenvalue weighted by Crippen LogP contribution is -2.35. The van der Waals surface area contributed by atoms with E-state index in [2.05, 4.69) is 24.4 Å². The van der Waals surface area contributed by atoms with E-state index in [1.165, 1.54) is 5.56 Å². The Hall–Kier alpha value is -1.71. The molecule has 0 radical (unpaired) electrons. The van der Waals surface area contributed by atoms with Crippen LogP contribution in [0.15, 0.2) is 18.2 Å². The second-order valence-electron chi connectivity index (χ2n) is 6.09. The third kappa shape index (κ3) is 4.15. The van der Waals surface area contributed by atoms with Gasteiger partial charge in [0.05, 0.1) is 6.04 Å². The van der Waals surface area contributed by atoms with Crippen molar-refractivity contribution in [3.63, 3.8) is 0 Å². The van der Waals surface area contributed by atoms with Gasteiger partial charge in [0.25, 0.3) is 0 Å². The van der Waals surface area contributed by atoms with Gasteiger partial charge in [0, 0.05) is 19.8 Å². The molecule has 0 aliphatic carbocycles. The minimum absolute atomic E-state index is 0.0439. The van der Waals surface area contributed by atoms with E-state index < -0.39 is 5.60 Å². The van der Waals surface area contributed by atoms with E-state index in [-0.39, 0.29) is 12.1 Å². The number of anilines is 1. The molecule has 1 aromatic carbocycles. The van der Waals surface area contributed by atoms with Crippen LogP contribution in [0, 0.1) is 6.92 Å². The van der Waals surface area contributed by atoms with Crippen LogP contribution in [-0.2, 0) is 4.74 Å². The van der Waals surface area contributed by atoms with Crippen molar-refractivity contribution in [3.05, 3.63) is 29.3 Å². The maximum atomic E-state index is 12.1. The average molecular weight is 278 g/mol. The Morgan fingerprint density at radius 1 is 1.35 bits per heavy atom. The van der Waals surface area contributed by atoms with Crippen LogP contribution >= 0.6 is 0 Å². The van der Waals surface area contributed by atoms with Crippen molar-refractivity contribution in [2.24, 2.45) is 0 Å². The van der Waals surface area contributed by atoms with Gasteiger partial charge in [-0.15, -0.1) is 0 Å². The van der Waals surface area contributed by atoms with Crippen molar-refractivity contribution in [1.82, 2.24) is 4.90 Å². The quantitative estimate of drug-likeness (QED) is 0.909. The zero-order chi connectivity index (χ0) is 15.5. The summed E-state index contributed by atoms with van der Waals surface area (Å²) in [6.07, 6.45) is -0.309. The molecule has 0 saturated carbocycles. The molecule has 0 spiro atoms. The Labute approximate surface area is 122 Å². The van der Waals surface area contributed by atoms with E-state index >= 15 is 0 Å². The number of benzene rings is 1. The van der Waals surface area contributed by atoms with Gasteiger partial charge < -0.3 is 15.0 Å². The van der Waals surface area contributed by atoms with Crippen molar-refractivity contribution >= 4 is 11.8 Å². The maximum absolute atomic E-state index is 12.1. The van der Waals surface area contributed by atoms with Crippen molar-refractivity contribution in [2.45, 2.75) is 46.3 Å². The highest BCUT2D eigenvalue weighted by atomic mass is 16.6. The summed E-state index contributed by atoms with van der Waals surface area (Å²) in [5.41, 5.74) is 2.86. The molecule has 4 nitrogen and oxygen atoms in total. The van der Waals surface area contributed by atoms with Gasteiger partial charge in [-0.25, -0.2) is 4.79 Å². The smallest absolute Gasteiger partial charge is 0.410 e. The SMILES string of the molecule is CNc1cc([C@@H](C)N(C)C(=O)OC(C)(C)C)ccc1C. The van der Waals surface area contributed by atoms with E-state index in [9.17, 15) is 4.79 Å². The lowest BCUT2D eigenvalue weighted by Gasteiger charge is -2.29. The molecular weight excluding hydrogens is 252 g/mol. The van der Waals surface area contributed by atoms with Crippen LogP contribution < -0.4 is 5.32 Å². The van der Waals surface area contributed by atoms with Crippen molar-refractivity contribution in [3.8, 4) is 0 Å². The Bertz CT molecular complexity index is 478. The van der Waals surface area contributed by atoms with Gasteiger partial charge in [0.2, 0.25) is 0 Å². The summed E-state index contributed by atoms with van der Waals surface area (Å²) >= 11 is 0. The maximum Gasteiger partial charge on any atom is 0.410 e. The van der Waals surface area contributed by atoms with E-state index in [1.807, 2.05) is 40.8 Å². The lowest BCUT2D eigenvalue weighted by molar-refractivity contribution is 0.0234. The summed E-state index contributed by atoms with van der Waals surface area (Å²) in [4.78, 5) is 13.7. The van der Waals surface area contributed by atoms with Crippen LogP contribution in [0.4, 0.5) is 10.5 Å². The van der Waals surface area contributed by atoms with Gasteiger partial charge in [-0.2, -0.15) is 0 Å². The number of rotatable bonds is 3. The number of hydrogen-bond donors (Lipinski definition) is 1. The number of hydrogen-bond acceptors (Lipinski definition) is 3. The van der Waals surface area contributed by atoms with E-state index in [4.69, 9.17) is 4.74 Å². The van der Waals surface area contributed by atoms with Crippen LogP contribution in [0.1, 0.15) is 44.9 Å². The summed E-state index contributed by atoms with van der Waals surface area (Å²) in [5.74, 6) is 0. The van der Waals surface area contributed by atoms with Crippen LogP contribution in [0.3, 0.4) is 0 Å². The second-order valence-corrected chi connectivity index (χ2v) is 6.09. The predicted molar refractivity (Wildman–Crippen MR) is 83.1 cm³/mol. The molecule has 1 atom stereocenters. The molecule has 4 heteroatoms. The van der Waals surface area contributed by atoms with Crippen molar-refractivity contribution in [1.29, 1.82) is 0 Å². The van der Waals surface area contributed by atoms with Gasteiger partial charge in [-0.3, -0.25) is 0 Å². The molecule has 20 heavy (non-hydrogen) atoms. The molecule has 0 aliphatic rings. The molecule has 0 aromatic heterocycles. The molecule has 1 aromatic rings. The topological polar surface area (TPSA) is 41.6 Å². The molecule has 0 heterocycles. The third-order valence-electron chi connectivity index (χ3n) is 3.28. The number of ether oxygens (including phenoxy) is 1. The molecule has 1 amide bonds. The zero-order valence-corrected chi connectivity index (χ0v) is 13.6. The van der Waals surface area contributed by atoms with E-state index in [0.29, 0.717) is 0 Å². The Morgan fingerprint density at radius 2 is 1.95 bits per heavy atom. The van der Waals surface area contributed by atoms with Crippen LogP contribution in [0.25, 0.3) is 0 Å². The van der Waals surface area contributed by atoms with Crippen LogP contribution in [0.2, 0.25) is 0 Å². The molecule has 1 rings (SSSR count). The minimum Gasteiger partial charge on any atom is -0.444 e. The van der Waals surface area contributed by atoms with Crippen LogP contribution in [0.5, 0.6) is 0 Å². The summed E-state index contributed by atoms with van der Waals surface area (Å²) in [6.45, 7) is 9.66. The first-order valence-electron chi connectivity index (χ1n) is 6.90. The molecular formula is C16H26N2O2. The number of carbonyl (C=O) groups excluding carboxylic acids is 1. The highest BCUT2D eigenvalue weighted by molar-refractivity contribution is 5.68. The molecule has 0 unspecified atom stereocenters. The largest absolute Gasteiger partial charge is 0.444 e. The molecule has 0 aliphatic heterocycles. The number of aryl methyl sites for hydroxylation is 1. The Balaban J connectivity index is 2.88. The average Bonchev–Trinajstić information content (AvgIpc) is 2.35. The molecule has 0 fully saturated rings. The zero-order valence-electron chi connectivity index (χ0n) is 13.6. The molecule has 1 N–H and O–H groups in total. The predicted octanol–water partition coefficient (Wildman–Crippen LogP) is 3.96. The van der Waals surface area contributed by atoms with E-state index in [1.54, 1.807) is 11.9 Å². The van der Waals surface area contributed by atoms with Gasteiger partial charge in [-0.1, -0.05) is 12.1 Å². The fourth-order valence-electron chi connectivity index (χ4n) is 1.88. The fourth-order valence-corrected chi connectivity index (χ4v) is 1.88. The van der Waals surface area contributed by atoms with Crippen molar-refractivity contribution < 1.29 is 9.53 Å². The van der Waals surface area contributed by atoms with Gasteiger partial charge >= 0.3 is 6.09 Å². The van der Waals surface area contributed by atoms with Gasteiger partial charge in [-0.05, 0) is 51.8 Å². The first kappa shape index (κ1) is 16.3. The minimum atomic E-state index is -0.478.